The zero-order valence-corrected chi connectivity index (χ0v) is 12.8. The molecule has 1 heterocycles. The van der Waals surface area contributed by atoms with Crippen molar-refractivity contribution in [2.24, 2.45) is 0 Å². The van der Waals surface area contributed by atoms with Crippen molar-refractivity contribution in [3.05, 3.63) is 35.6 Å². The van der Waals surface area contributed by atoms with Crippen molar-refractivity contribution in [2.75, 3.05) is 32.7 Å². The first-order chi connectivity index (χ1) is 10.6. The lowest BCUT2D eigenvalue weighted by molar-refractivity contribution is -0.131. The van der Waals surface area contributed by atoms with E-state index in [-0.39, 0.29) is 24.2 Å². The van der Waals surface area contributed by atoms with Gasteiger partial charge in [0.1, 0.15) is 5.82 Å². The molecule has 120 valence electrons. The Balaban J connectivity index is 1.82. The first kappa shape index (κ1) is 16.3. The van der Waals surface area contributed by atoms with Crippen molar-refractivity contribution in [3.8, 4) is 0 Å². The molecule has 22 heavy (non-hydrogen) atoms. The maximum absolute atomic E-state index is 13.6. The molecule has 3 amide bonds. The molecule has 6 heteroatoms. The van der Waals surface area contributed by atoms with Crippen LogP contribution in [-0.2, 0) is 11.2 Å². The third-order valence-corrected chi connectivity index (χ3v) is 3.75. The number of carbonyl (C=O) groups excluding carboxylic acids is 2. The average Bonchev–Trinajstić information content (AvgIpc) is 2.55. The molecule has 1 saturated heterocycles. The molecule has 1 N–H and O–H groups in total. The molecule has 0 spiro atoms. The zero-order chi connectivity index (χ0) is 15.9. The number of rotatable bonds is 4. The van der Waals surface area contributed by atoms with E-state index >= 15 is 0 Å². The summed E-state index contributed by atoms with van der Waals surface area (Å²) in [6, 6.07) is 6.24. The number of amides is 3. The van der Waals surface area contributed by atoms with Gasteiger partial charge in [-0.15, -0.1) is 0 Å². The van der Waals surface area contributed by atoms with Crippen LogP contribution < -0.4 is 5.32 Å². The normalized spacial score (nSPS) is 14.8. The molecule has 5 nitrogen and oxygen atoms in total. The largest absolute Gasteiger partial charge is 0.339 e. The monoisotopic (exact) mass is 307 g/mol. The molecule has 0 atom stereocenters. The van der Waals surface area contributed by atoms with E-state index in [9.17, 15) is 14.0 Å². The highest BCUT2D eigenvalue weighted by molar-refractivity contribution is 5.79. The third-order valence-electron chi connectivity index (χ3n) is 3.75. The van der Waals surface area contributed by atoms with Crippen molar-refractivity contribution in [1.29, 1.82) is 0 Å². The topological polar surface area (TPSA) is 52.7 Å². The minimum Gasteiger partial charge on any atom is -0.339 e. The number of nitrogens with zero attached hydrogens (tertiary/aromatic N) is 2. The van der Waals surface area contributed by atoms with Gasteiger partial charge in [0, 0.05) is 32.7 Å². The molecule has 0 aromatic heterocycles. The highest BCUT2D eigenvalue weighted by Gasteiger charge is 2.24. The Hall–Kier alpha value is -2.11. The fraction of sp³-hybridized carbons (Fsp3) is 0.500. The van der Waals surface area contributed by atoms with Gasteiger partial charge in [-0.05, 0) is 18.1 Å². The van der Waals surface area contributed by atoms with Crippen molar-refractivity contribution >= 4 is 11.9 Å². The van der Waals surface area contributed by atoms with Gasteiger partial charge in [0.2, 0.25) is 5.91 Å². The molecule has 0 unspecified atom stereocenters. The summed E-state index contributed by atoms with van der Waals surface area (Å²) < 4.78 is 13.6. The van der Waals surface area contributed by atoms with Crippen LogP contribution in [-0.4, -0.2) is 54.5 Å². The number of carbonyl (C=O) groups is 2. The standard InChI is InChI=1S/C16H22FN3O2/c1-2-7-18-16(22)20-10-8-19(9-11-20)15(21)12-13-5-3-4-6-14(13)17/h3-6H,2,7-12H2,1H3,(H,18,22). The van der Waals surface area contributed by atoms with Crippen molar-refractivity contribution in [2.45, 2.75) is 19.8 Å². The fourth-order valence-electron chi connectivity index (χ4n) is 2.42. The first-order valence-corrected chi connectivity index (χ1v) is 7.65. The van der Waals surface area contributed by atoms with Crippen molar-refractivity contribution < 1.29 is 14.0 Å². The Morgan fingerprint density at radius 1 is 1.14 bits per heavy atom. The minimum absolute atomic E-state index is 0.0642. The molecule has 1 aromatic rings. The van der Waals surface area contributed by atoms with E-state index in [0.717, 1.165) is 6.42 Å². The Labute approximate surface area is 130 Å². The summed E-state index contributed by atoms with van der Waals surface area (Å²) >= 11 is 0. The molecule has 0 bridgehead atoms. The van der Waals surface area contributed by atoms with Crippen LogP contribution in [0.15, 0.2) is 24.3 Å². The summed E-state index contributed by atoms with van der Waals surface area (Å²) in [4.78, 5) is 27.4. The molecule has 0 aliphatic carbocycles. The second-order valence-corrected chi connectivity index (χ2v) is 5.37. The van der Waals surface area contributed by atoms with Crippen LogP contribution >= 0.6 is 0 Å². The lowest BCUT2D eigenvalue weighted by Crippen LogP contribution is -2.53. The van der Waals surface area contributed by atoms with Gasteiger partial charge in [0.15, 0.2) is 0 Å². The molecule has 0 saturated carbocycles. The zero-order valence-electron chi connectivity index (χ0n) is 12.8. The predicted molar refractivity (Wildman–Crippen MR) is 81.9 cm³/mol. The molecule has 1 fully saturated rings. The van der Waals surface area contributed by atoms with Crippen LogP contribution in [0.1, 0.15) is 18.9 Å². The Morgan fingerprint density at radius 3 is 2.41 bits per heavy atom. The number of piperazine rings is 1. The number of hydrogen-bond acceptors (Lipinski definition) is 2. The van der Waals surface area contributed by atoms with E-state index in [1.165, 1.54) is 6.07 Å². The number of urea groups is 1. The van der Waals surface area contributed by atoms with Crippen molar-refractivity contribution in [3.63, 3.8) is 0 Å². The summed E-state index contributed by atoms with van der Waals surface area (Å²) in [6.45, 7) is 4.67. The second kappa shape index (κ2) is 7.77. The van der Waals surface area contributed by atoms with Gasteiger partial charge < -0.3 is 15.1 Å². The predicted octanol–water partition coefficient (Wildman–Crippen LogP) is 1.63. The quantitative estimate of drug-likeness (QED) is 0.919. The van der Waals surface area contributed by atoms with Gasteiger partial charge in [0.25, 0.3) is 0 Å². The summed E-state index contributed by atoms with van der Waals surface area (Å²) in [5, 5.41) is 2.83. The van der Waals surface area contributed by atoms with Gasteiger partial charge in [-0.1, -0.05) is 25.1 Å². The van der Waals surface area contributed by atoms with Crippen LogP contribution in [0.4, 0.5) is 9.18 Å². The van der Waals surface area contributed by atoms with E-state index < -0.39 is 0 Å². The minimum atomic E-state index is -0.353. The average molecular weight is 307 g/mol. The fourth-order valence-corrected chi connectivity index (χ4v) is 2.42. The maximum Gasteiger partial charge on any atom is 0.317 e. The number of benzene rings is 1. The second-order valence-electron chi connectivity index (χ2n) is 5.37. The number of halogens is 1. The number of nitrogens with one attached hydrogen (secondary N) is 1. The van der Waals surface area contributed by atoms with Gasteiger partial charge in [-0.2, -0.15) is 0 Å². The van der Waals surface area contributed by atoms with E-state index in [1.807, 2.05) is 6.92 Å². The number of hydrogen-bond donors (Lipinski definition) is 1. The van der Waals surface area contributed by atoms with Gasteiger partial charge in [0.05, 0.1) is 6.42 Å². The Bertz CT molecular complexity index is 528. The van der Waals surface area contributed by atoms with Crippen LogP contribution in [0.2, 0.25) is 0 Å². The first-order valence-electron chi connectivity index (χ1n) is 7.65. The SMILES string of the molecule is CCCNC(=O)N1CCN(C(=O)Cc2ccccc2F)CC1. The lowest BCUT2D eigenvalue weighted by Gasteiger charge is -2.34. The Kier molecular flexibility index (Phi) is 5.75. The van der Waals surface area contributed by atoms with Crippen molar-refractivity contribution in [1.82, 2.24) is 15.1 Å². The van der Waals surface area contributed by atoms with Crippen LogP contribution in [0.3, 0.4) is 0 Å². The van der Waals surface area contributed by atoms with Crippen LogP contribution in [0.25, 0.3) is 0 Å². The Morgan fingerprint density at radius 2 is 1.77 bits per heavy atom. The van der Waals surface area contributed by atoms with E-state index in [0.29, 0.717) is 38.3 Å². The molecule has 0 radical (unpaired) electrons. The van der Waals surface area contributed by atoms with E-state index in [2.05, 4.69) is 5.32 Å². The molecule has 1 aliphatic rings. The van der Waals surface area contributed by atoms with E-state index in [4.69, 9.17) is 0 Å². The molecule has 2 rings (SSSR count). The highest BCUT2D eigenvalue weighted by atomic mass is 19.1. The summed E-state index contributed by atoms with van der Waals surface area (Å²) in [5.41, 5.74) is 0.413. The maximum atomic E-state index is 13.6. The third kappa shape index (κ3) is 4.19. The summed E-state index contributed by atoms with van der Waals surface area (Å²) in [5.74, 6) is -0.452. The summed E-state index contributed by atoms with van der Waals surface area (Å²) in [7, 11) is 0. The van der Waals surface area contributed by atoms with Gasteiger partial charge >= 0.3 is 6.03 Å². The van der Waals surface area contributed by atoms with Gasteiger partial charge in [-0.3, -0.25) is 4.79 Å². The molecule has 1 aliphatic heterocycles. The summed E-state index contributed by atoms with van der Waals surface area (Å²) in [6.07, 6.45) is 0.960. The van der Waals surface area contributed by atoms with E-state index in [1.54, 1.807) is 28.0 Å². The van der Waals surface area contributed by atoms with Crippen LogP contribution in [0.5, 0.6) is 0 Å². The highest BCUT2D eigenvalue weighted by Crippen LogP contribution is 2.10. The molecular weight excluding hydrogens is 285 g/mol. The lowest BCUT2D eigenvalue weighted by atomic mass is 10.1. The molecule has 1 aromatic carbocycles. The smallest absolute Gasteiger partial charge is 0.317 e. The van der Waals surface area contributed by atoms with Crippen LogP contribution in [0, 0.1) is 5.82 Å². The molecular formula is C16H22FN3O2. The van der Waals surface area contributed by atoms with Gasteiger partial charge in [-0.25, -0.2) is 9.18 Å².